The van der Waals surface area contributed by atoms with Crippen LogP contribution in [0.4, 0.5) is 0 Å². The summed E-state index contributed by atoms with van der Waals surface area (Å²) in [6, 6.07) is 0. The van der Waals surface area contributed by atoms with E-state index in [1.165, 1.54) is 6.42 Å². The van der Waals surface area contributed by atoms with Crippen LogP contribution in [-0.4, -0.2) is 38.8 Å². The lowest BCUT2D eigenvalue weighted by Crippen LogP contribution is -2.42. The Labute approximate surface area is 97.1 Å². The van der Waals surface area contributed by atoms with Crippen LogP contribution < -0.4 is 10.6 Å². The number of rotatable bonds is 3. The molecule has 2 aliphatic rings. The summed E-state index contributed by atoms with van der Waals surface area (Å²) in [7, 11) is 0. The summed E-state index contributed by atoms with van der Waals surface area (Å²) in [6.45, 7) is 4.38. The molecule has 0 aromatic rings. The minimum Gasteiger partial charge on any atom is -0.381 e. The standard InChI is InChI=1S/C12H22N2O2/c15-12(11-4-1-5-13-8-11)14-7-10-3-2-6-16-9-10/h10-11,13H,1-9H2,(H,14,15). The maximum absolute atomic E-state index is 11.8. The summed E-state index contributed by atoms with van der Waals surface area (Å²) in [5, 5.41) is 6.33. The number of carbonyl (C=O) groups excluding carboxylic acids is 1. The molecule has 0 bridgehead atoms. The molecule has 0 saturated carbocycles. The van der Waals surface area contributed by atoms with Gasteiger partial charge >= 0.3 is 0 Å². The molecule has 2 rings (SSSR count). The van der Waals surface area contributed by atoms with Crippen molar-refractivity contribution >= 4 is 5.91 Å². The first kappa shape index (κ1) is 11.9. The summed E-state index contributed by atoms with van der Waals surface area (Å²) >= 11 is 0. The molecule has 2 aliphatic heterocycles. The molecule has 0 radical (unpaired) electrons. The van der Waals surface area contributed by atoms with E-state index in [0.717, 1.165) is 52.1 Å². The van der Waals surface area contributed by atoms with E-state index in [1.54, 1.807) is 0 Å². The highest BCUT2D eigenvalue weighted by Gasteiger charge is 2.22. The molecule has 2 atom stereocenters. The third-order valence-electron chi connectivity index (χ3n) is 3.49. The van der Waals surface area contributed by atoms with E-state index in [4.69, 9.17) is 4.74 Å². The molecular weight excluding hydrogens is 204 g/mol. The Balaban J connectivity index is 1.65. The molecule has 0 spiro atoms. The zero-order chi connectivity index (χ0) is 11.2. The third kappa shape index (κ3) is 3.46. The average Bonchev–Trinajstić information content (AvgIpc) is 2.38. The van der Waals surface area contributed by atoms with Gasteiger partial charge in [-0.1, -0.05) is 0 Å². The van der Waals surface area contributed by atoms with Gasteiger partial charge < -0.3 is 15.4 Å². The highest BCUT2D eigenvalue weighted by atomic mass is 16.5. The molecule has 16 heavy (non-hydrogen) atoms. The van der Waals surface area contributed by atoms with Crippen molar-refractivity contribution in [3.05, 3.63) is 0 Å². The summed E-state index contributed by atoms with van der Waals surface area (Å²) < 4.78 is 5.40. The zero-order valence-electron chi connectivity index (χ0n) is 9.84. The van der Waals surface area contributed by atoms with E-state index in [0.29, 0.717) is 5.92 Å². The minimum atomic E-state index is 0.179. The molecule has 4 heteroatoms. The Morgan fingerprint density at radius 1 is 1.38 bits per heavy atom. The summed E-state index contributed by atoms with van der Waals surface area (Å²) in [5.41, 5.74) is 0. The van der Waals surface area contributed by atoms with Crippen LogP contribution in [0.5, 0.6) is 0 Å². The Hall–Kier alpha value is -0.610. The molecule has 1 amide bonds. The van der Waals surface area contributed by atoms with Gasteiger partial charge in [0.1, 0.15) is 0 Å². The second-order valence-corrected chi connectivity index (χ2v) is 4.87. The van der Waals surface area contributed by atoms with Crippen LogP contribution in [-0.2, 0) is 9.53 Å². The SMILES string of the molecule is O=C(NCC1CCCOC1)C1CCCNC1. The van der Waals surface area contributed by atoms with Gasteiger partial charge in [-0.2, -0.15) is 0 Å². The van der Waals surface area contributed by atoms with E-state index >= 15 is 0 Å². The Morgan fingerprint density at radius 3 is 3.00 bits per heavy atom. The molecule has 2 N–H and O–H groups in total. The summed E-state index contributed by atoms with van der Waals surface area (Å²) in [6.07, 6.45) is 4.46. The third-order valence-corrected chi connectivity index (χ3v) is 3.49. The average molecular weight is 226 g/mol. The molecule has 92 valence electrons. The van der Waals surface area contributed by atoms with Gasteiger partial charge in [-0.15, -0.1) is 0 Å². The zero-order valence-corrected chi connectivity index (χ0v) is 9.84. The second kappa shape index (κ2) is 6.21. The maximum atomic E-state index is 11.8. The Morgan fingerprint density at radius 2 is 2.31 bits per heavy atom. The van der Waals surface area contributed by atoms with Gasteiger partial charge in [0.15, 0.2) is 0 Å². The van der Waals surface area contributed by atoms with Crippen LogP contribution in [0.1, 0.15) is 25.7 Å². The highest BCUT2D eigenvalue weighted by Crippen LogP contribution is 2.13. The van der Waals surface area contributed by atoms with Gasteiger partial charge in [0.05, 0.1) is 12.5 Å². The van der Waals surface area contributed by atoms with E-state index in [9.17, 15) is 4.79 Å². The summed E-state index contributed by atoms with van der Waals surface area (Å²) in [4.78, 5) is 11.8. The fourth-order valence-electron chi connectivity index (χ4n) is 2.43. The normalized spacial score (nSPS) is 31.0. The number of hydrogen-bond donors (Lipinski definition) is 2. The van der Waals surface area contributed by atoms with Crippen molar-refractivity contribution in [3.8, 4) is 0 Å². The lowest BCUT2D eigenvalue weighted by molar-refractivity contribution is -0.125. The van der Waals surface area contributed by atoms with E-state index in [1.807, 2.05) is 0 Å². The second-order valence-electron chi connectivity index (χ2n) is 4.87. The van der Waals surface area contributed by atoms with Gasteiger partial charge in [-0.25, -0.2) is 0 Å². The molecule has 4 nitrogen and oxygen atoms in total. The van der Waals surface area contributed by atoms with Crippen molar-refractivity contribution in [1.82, 2.24) is 10.6 Å². The van der Waals surface area contributed by atoms with Crippen LogP contribution in [0.3, 0.4) is 0 Å². The molecule has 2 unspecified atom stereocenters. The van der Waals surface area contributed by atoms with E-state index < -0.39 is 0 Å². The van der Waals surface area contributed by atoms with Crippen molar-refractivity contribution in [1.29, 1.82) is 0 Å². The van der Waals surface area contributed by atoms with Crippen molar-refractivity contribution in [2.24, 2.45) is 11.8 Å². The minimum absolute atomic E-state index is 0.179. The molecule has 0 aromatic heterocycles. The number of ether oxygens (including phenoxy) is 1. The predicted molar refractivity (Wildman–Crippen MR) is 62.1 cm³/mol. The van der Waals surface area contributed by atoms with Gasteiger partial charge in [0.2, 0.25) is 5.91 Å². The molecule has 2 saturated heterocycles. The van der Waals surface area contributed by atoms with Crippen LogP contribution >= 0.6 is 0 Å². The summed E-state index contributed by atoms with van der Waals surface area (Å²) in [5.74, 6) is 0.922. The number of hydrogen-bond acceptors (Lipinski definition) is 3. The van der Waals surface area contributed by atoms with Crippen molar-refractivity contribution in [3.63, 3.8) is 0 Å². The molecule has 2 fully saturated rings. The molecule has 0 aromatic carbocycles. The van der Waals surface area contributed by atoms with Crippen LogP contribution in [0.2, 0.25) is 0 Å². The monoisotopic (exact) mass is 226 g/mol. The van der Waals surface area contributed by atoms with Gasteiger partial charge in [-0.05, 0) is 38.1 Å². The maximum Gasteiger partial charge on any atom is 0.224 e. The topological polar surface area (TPSA) is 50.4 Å². The van der Waals surface area contributed by atoms with Crippen molar-refractivity contribution < 1.29 is 9.53 Å². The Kier molecular flexibility index (Phi) is 4.60. The quantitative estimate of drug-likeness (QED) is 0.738. The van der Waals surface area contributed by atoms with E-state index in [-0.39, 0.29) is 11.8 Å². The fourth-order valence-corrected chi connectivity index (χ4v) is 2.43. The number of amides is 1. The van der Waals surface area contributed by atoms with Gasteiger partial charge in [0, 0.05) is 19.7 Å². The van der Waals surface area contributed by atoms with Crippen LogP contribution in [0.15, 0.2) is 0 Å². The van der Waals surface area contributed by atoms with Gasteiger partial charge in [0.25, 0.3) is 0 Å². The Bertz CT molecular complexity index is 221. The van der Waals surface area contributed by atoms with E-state index in [2.05, 4.69) is 10.6 Å². The predicted octanol–water partition coefficient (Wildman–Crippen LogP) is 0.529. The smallest absolute Gasteiger partial charge is 0.224 e. The highest BCUT2D eigenvalue weighted by molar-refractivity contribution is 5.78. The lowest BCUT2D eigenvalue weighted by atomic mass is 9.98. The first-order valence-corrected chi connectivity index (χ1v) is 6.42. The number of carbonyl (C=O) groups is 1. The molecular formula is C12H22N2O2. The van der Waals surface area contributed by atoms with Gasteiger partial charge in [-0.3, -0.25) is 4.79 Å². The lowest BCUT2D eigenvalue weighted by Gasteiger charge is -2.25. The van der Waals surface area contributed by atoms with Crippen molar-refractivity contribution in [2.75, 3.05) is 32.8 Å². The van der Waals surface area contributed by atoms with Crippen LogP contribution in [0, 0.1) is 11.8 Å². The van der Waals surface area contributed by atoms with Crippen LogP contribution in [0.25, 0.3) is 0 Å². The fraction of sp³-hybridized carbons (Fsp3) is 0.917. The molecule has 0 aliphatic carbocycles. The first-order valence-electron chi connectivity index (χ1n) is 6.42. The molecule has 2 heterocycles. The van der Waals surface area contributed by atoms with Crippen molar-refractivity contribution in [2.45, 2.75) is 25.7 Å². The largest absolute Gasteiger partial charge is 0.381 e. The number of piperidine rings is 1. The first-order chi connectivity index (χ1) is 7.86. The number of nitrogens with one attached hydrogen (secondary N) is 2.